The molecule has 2 rings (SSSR count). The zero-order valence-electron chi connectivity index (χ0n) is 9.61. The number of rotatable bonds is 2. The highest BCUT2D eigenvalue weighted by Crippen LogP contribution is 2.10. The van der Waals surface area contributed by atoms with Crippen molar-refractivity contribution in [2.75, 3.05) is 39.3 Å². The maximum absolute atomic E-state index is 12.1. The first-order chi connectivity index (χ1) is 7.81. The van der Waals surface area contributed by atoms with Gasteiger partial charge in [-0.2, -0.15) is 0 Å². The van der Waals surface area contributed by atoms with Crippen LogP contribution in [0.2, 0.25) is 0 Å². The molecule has 0 bridgehead atoms. The van der Waals surface area contributed by atoms with Crippen LogP contribution in [0.15, 0.2) is 0 Å². The molecule has 1 atom stereocenters. The number of piperazine rings is 1. The van der Waals surface area contributed by atoms with Crippen LogP contribution in [0, 0.1) is 12.3 Å². The first-order valence-corrected chi connectivity index (χ1v) is 5.99. The van der Waals surface area contributed by atoms with E-state index in [1.807, 2.05) is 4.90 Å². The number of hydrogen-bond donors (Lipinski definition) is 1. The molecule has 1 N–H and O–H groups in total. The molecule has 0 radical (unpaired) electrons. The molecule has 0 aromatic heterocycles. The van der Waals surface area contributed by atoms with Crippen molar-refractivity contribution in [2.24, 2.45) is 0 Å². The molecule has 1 amide bonds. The second-order valence-electron chi connectivity index (χ2n) is 4.45. The fourth-order valence-electron chi connectivity index (χ4n) is 2.37. The van der Waals surface area contributed by atoms with Crippen molar-refractivity contribution in [1.29, 1.82) is 0 Å². The summed E-state index contributed by atoms with van der Waals surface area (Å²) in [5, 5.41) is 3.25. The molecule has 88 valence electrons. The van der Waals surface area contributed by atoms with Crippen molar-refractivity contribution < 1.29 is 4.79 Å². The number of terminal acetylenes is 1. The van der Waals surface area contributed by atoms with Crippen LogP contribution in [0.3, 0.4) is 0 Å². The molecule has 0 aliphatic carbocycles. The van der Waals surface area contributed by atoms with Gasteiger partial charge in [-0.15, -0.1) is 6.42 Å². The molecule has 16 heavy (non-hydrogen) atoms. The number of nitrogens with zero attached hydrogens (tertiary/aromatic N) is 2. The normalized spacial score (nSPS) is 26.7. The van der Waals surface area contributed by atoms with Crippen molar-refractivity contribution in [3.8, 4) is 12.3 Å². The first-order valence-electron chi connectivity index (χ1n) is 5.99. The third-order valence-corrected chi connectivity index (χ3v) is 3.36. The van der Waals surface area contributed by atoms with Gasteiger partial charge in [0.15, 0.2) is 0 Å². The van der Waals surface area contributed by atoms with E-state index in [2.05, 4.69) is 16.1 Å². The van der Waals surface area contributed by atoms with Crippen LogP contribution in [-0.4, -0.2) is 61.0 Å². The summed E-state index contributed by atoms with van der Waals surface area (Å²) in [5.74, 6) is 2.92. The molecule has 0 unspecified atom stereocenters. The Labute approximate surface area is 97.0 Å². The van der Waals surface area contributed by atoms with Gasteiger partial charge in [0, 0.05) is 26.2 Å². The minimum Gasteiger partial charge on any atom is -0.339 e. The molecule has 0 aromatic rings. The molecular weight excluding hydrogens is 202 g/mol. The van der Waals surface area contributed by atoms with Crippen LogP contribution < -0.4 is 5.32 Å². The predicted molar refractivity (Wildman–Crippen MR) is 62.9 cm³/mol. The van der Waals surface area contributed by atoms with Gasteiger partial charge in [0.05, 0.1) is 12.6 Å². The van der Waals surface area contributed by atoms with E-state index in [9.17, 15) is 4.79 Å². The first kappa shape index (κ1) is 11.4. The van der Waals surface area contributed by atoms with Crippen molar-refractivity contribution in [3.05, 3.63) is 0 Å². The van der Waals surface area contributed by atoms with Crippen molar-refractivity contribution in [2.45, 2.75) is 18.9 Å². The van der Waals surface area contributed by atoms with E-state index in [-0.39, 0.29) is 11.9 Å². The van der Waals surface area contributed by atoms with Gasteiger partial charge in [0.25, 0.3) is 0 Å². The highest BCUT2D eigenvalue weighted by atomic mass is 16.2. The lowest BCUT2D eigenvalue weighted by Crippen LogP contribution is -2.53. The van der Waals surface area contributed by atoms with Gasteiger partial charge in [-0.1, -0.05) is 5.92 Å². The summed E-state index contributed by atoms with van der Waals surface area (Å²) in [4.78, 5) is 16.3. The van der Waals surface area contributed by atoms with Crippen molar-refractivity contribution in [1.82, 2.24) is 15.1 Å². The van der Waals surface area contributed by atoms with E-state index < -0.39 is 0 Å². The Balaban J connectivity index is 1.80. The van der Waals surface area contributed by atoms with Gasteiger partial charge in [0.1, 0.15) is 0 Å². The molecular formula is C12H19N3O. The summed E-state index contributed by atoms with van der Waals surface area (Å²) < 4.78 is 0. The molecule has 2 heterocycles. The van der Waals surface area contributed by atoms with E-state index in [1.54, 1.807) is 0 Å². The van der Waals surface area contributed by atoms with Crippen LogP contribution in [-0.2, 0) is 4.79 Å². The summed E-state index contributed by atoms with van der Waals surface area (Å²) in [6.45, 7) is 5.12. The van der Waals surface area contributed by atoms with E-state index >= 15 is 0 Å². The summed E-state index contributed by atoms with van der Waals surface area (Å²) in [6, 6.07) is 0.0687. The van der Waals surface area contributed by atoms with Crippen LogP contribution >= 0.6 is 0 Å². The monoisotopic (exact) mass is 221 g/mol. The Morgan fingerprint density at radius 2 is 2.12 bits per heavy atom. The molecule has 2 saturated heterocycles. The van der Waals surface area contributed by atoms with Crippen LogP contribution in [0.1, 0.15) is 12.8 Å². The average molecular weight is 221 g/mol. The highest BCUT2D eigenvalue weighted by molar-refractivity contribution is 5.82. The number of carbonyl (C=O) groups excluding carboxylic acids is 1. The standard InChI is InChI=1S/C12H19N3O/c1-2-6-14-7-9-15(10-8-14)12(16)11-4-3-5-13-11/h1,11,13H,3-10H2/t11-/m1/s1. The van der Waals surface area contributed by atoms with Crippen LogP contribution in [0.5, 0.6) is 0 Å². The van der Waals surface area contributed by atoms with Gasteiger partial charge in [-0.3, -0.25) is 9.69 Å². The summed E-state index contributed by atoms with van der Waals surface area (Å²) in [7, 11) is 0. The van der Waals surface area contributed by atoms with E-state index in [0.29, 0.717) is 6.54 Å². The third-order valence-electron chi connectivity index (χ3n) is 3.36. The Hall–Kier alpha value is -1.05. The lowest BCUT2D eigenvalue weighted by Gasteiger charge is -2.35. The lowest BCUT2D eigenvalue weighted by molar-refractivity contribution is -0.134. The average Bonchev–Trinajstić information content (AvgIpc) is 2.83. The fourth-order valence-corrected chi connectivity index (χ4v) is 2.37. The zero-order valence-corrected chi connectivity index (χ0v) is 9.61. The zero-order chi connectivity index (χ0) is 11.4. The van der Waals surface area contributed by atoms with Gasteiger partial charge >= 0.3 is 0 Å². The molecule has 4 nitrogen and oxygen atoms in total. The van der Waals surface area contributed by atoms with E-state index in [1.165, 1.54) is 0 Å². The van der Waals surface area contributed by atoms with Crippen LogP contribution in [0.4, 0.5) is 0 Å². The number of hydrogen-bond acceptors (Lipinski definition) is 3. The Bertz CT molecular complexity index is 283. The number of carbonyl (C=O) groups is 1. The molecule has 0 spiro atoms. The molecule has 2 fully saturated rings. The smallest absolute Gasteiger partial charge is 0.239 e. The second kappa shape index (κ2) is 5.33. The summed E-state index contributed by atoms with van der Waals surface area (Å²) >= 11 is 0. The van der Waals surface area contributed by atoms with Gasteiger partial charge in [0.2, 0.25) is 5.91 Å². The minimum absolute atomic E-state index is 0.0687. The molecule has 2 aliphatic rings. The maximum Gasteiger partial charge on any atom is 0.239 e. The van der Waals surface area contributed by atoms with Crippen LogP contribution in [0.25, 0.3) is 0 Å². The number of amides is 1. The summed E-state index contributed by atoms with van der Waals surface area (Å²) in [6.07, 6.45) is 7.38. The Kier molecular flexibility index (Phi) is 3.81. The Morgan fingerprint density at radius 3 is 2.69 bits per heavy atom. The van der Waals surface area contributed by atoms with Crippen molar-refractivity contribution >= 4 is 5.91 Å². The van der Waals surface area contributed by atoms with E-state index in [0.717, 1.165) is 45.6 Å². The lowest BCUT2D eigenvalue weighted by atomic mass is 10.2. The number of nitrogens with one attached hydrogen (secondary N) is 1. The predicted octanol–water partition coefficient (Wildman–Crippen LogP) is -0.484. The quantitative estimate of drug-likeness (QED) is 0.640. The van der Waals surface area contributed by atoms with Gasteiger partial charge in [-0.25, -0.2) is 0 Å². The third kappa shape index (κ3) is 2.55. The van der Waals surface area contributed by atoms with Crippen molar-refractivity contribution in [3.63, 3.8) is 0 Å². The molecule has 2 aliphatic heterocycles. The SMILES string of the molecule is C#CCN1CCN(C(=O)[C@H]2CCCN2)CC1. The largest absolute Gasteiger partial charge is 0.339 e. The summed E-state index contributed by atoms with van der Waals surface area (Å²) in [5.41, 5.74) is 0. The molecule has 0 saturated carbocycles. The second-order valence-corrected chi connectivity index (χ2v) is 4.45. The fraction of sp³-hybridized carbons (Fsp3) is 0.750. The highest BCUT2D eigenvalue weighted by Gasteiger charge is 2.28. The van der Waals surface area contributed by atoms with Gasteiger partial charge in [-0.05, 0) is 19.4 Å². The minimum atomic E-state index is 0.0687. The topological polar surface area (TPSA) is 35.6 Å². The molecule has 0 aromatic carbocycles. The molecule has 4 heteroatoms. The van der Waals surface area contributed by atoms with Gasteiger partial charge < -0.3 is 10.2 Å². The van der Waals surface area contributed by atoms with E-state index in [4.69, 9.17) is 6.42 Å². The Morgan fingerprint density at radius 1 is 1.38 bits per heavy atom. The maximum atomic E-state index is 12.1.